The average molecular weight is 229 g/mol. The maximum Gasteiger partial charge on any atom is 0.410 e. The molecule has 88 valence electrons. The molecule has 1 fully saturated rings. The summed E-state index contributed by atoms with van der Waals surface area (Å²) in [5.41, 5.74) is 1.12. The van der Waals surface area contributed by atoms with E-state index in [0.29, 0.717) is 13.2 Å². The molecular weight excluding hydrogens is 214 g/mol. The molecule has 0 aromatic heterocycles. The molecule has 1 aromatic rings. The zero-order valence-electron chi connectivity index (χ0n) is 9.58. The summed E-state index contributed by atoms with van der Waals surface area (Å²) in [7, 11) is 0. The lowest BCUT2D eigenvalue weighted by Gasteiger charge is -2.15. The Bertz CT molecular complexity index is 425. The van der Waals surface area contributed by atoms with Crippen molar-refractivity contribution in [3.63, 3.8) is 0 Å². The van der Waals surface area contributed by atoms with Crippen LogP contribution in [0.2, 0.25) is 0 Å². The van der Waals surface area contributed by atoms with E-state index >= 15 is 0 Å². The summed E-state index contributed by atoms with van der Waals surface area (Å²) in [5, 5.41) is 0. The van der Waals surface area contributed by atoms with Gasteiger partial charge in [-0.15, -0.1) is 6.58 Å². The van der Waals surface area contributed by atoms with E-state index in [2.05, 4.69) is 6.58 Å². The van der Waals surface area contributed by atoms with Crippen molar-refractivity contribution < 1.29 is 9.53 Å². The van der Waals surface area contributed by atoms with Crippen molar-refractivity contribution >= 4 is 12.2 Å². The van der Waals surface area contributed by atoms with E-state index in [9.17, 15) is 4.79 Å². The fourth-order valence-corrected chi connectivity index (χ4v) is 1.74. The Morgan fingerprint density at radius 2 is 2.18 bits per heavy atom. The van der Waals surface area contributed by atoms with Crippen molar-refractivity contribution in [1.82, 2.24) is 4.90 Å². The van der Waals surface area contributed by atoms with Crippen LogP contribution in [-0.2, 0) is 4.74 Å². The number of hydrogen-bond acceptors (Lipinski definition) is 2. The predicted molar refractivity (Wildman–Crippen MR) is 67.5 cm³/mol. The van der Waals surface area contributed by atoms with Crippen LogP contribution in [0.5, 0.6) is 0 Å². The highest BCUT2D eigenvalue weighted by molar-refractivity contribution is 5.71. The van der Waals surface area contributed by atoms with Crippen LogP contribution >= 0.6 is 0 Å². The molecule has 1 unspecified atom stereocenters. The zero-order valence-corrected chi connectivity index (χ0v) is 9.58. The van der Waals surface area contributed by atoms with E-state index in [0.717, 1.165) is 5.56 Å². The molecule has 0 spiro atoms. The second-order valence-electron chi connectivity index (χ2n) is 3.85. The molecule has 0 saturated carbocycles. The van der Waals surface area contributed by atoms with Gasteiger partial charge in [0.15, 0.2) is 0 Å². The van der Waals surface area contributed by atoms with Crippen molar-refractivity contribution in [2.24, 2.45) is 0 Å². The lowest BCUT2D eigenvalue weighted by molar-refractivity contribution is 0.160. The van der Waals surface area contributed by atoms with E-state index < -0.39 is 0 Å². The Labute approximate surface area is 101 Å². The van der Waals surface area contributed by atoms with Crippen LogP contribution in [0.25, 0.3) is 6.08 Å². The number of carbonyl (C=O) groups excluding carboxylic acids is 1. The van der Waals surface area contributed by atoms with Gasteiger partial charge in [0.1, 0.15) is 6.61 Å². The molecule has 1 amide bonds. The zero-order chi connectivity index (χ0) is 12.1. The highest BCUT2D eigenvalue weighted by Crippen LogP contribution is 2.13. The summed E-state index contributed by atoms with van der Waals surface area (Å²) < 4.78 is 4.95. The molecule has 0 radical (unpaired) electrons. The van der Waals surface area contributed by atoms with Gasteiger partial charge < -0.3 is 4.74 Å². The van der Waals surface area contributed by atoms with Crippen LogP contribution in [0.15, 0.2) is 49.1 Å². The Morgan fingerprint density at radius 1 is 1.41 bits per heavy atom. The Kier molecular flexibility index (Phi) is 3.60. The van der Waals surface area contributed by atoms with Crippen molar-refractivity contribution in [3.05, 3.63) is 54.6 Å². The van der Waals surface area contributed by atoms with Gasteiger partial charge >= 0.3 is 6.09 Å². The van der Waals surface area contributed by atoms with Crippen molar-refractivity contribution in [2.75, 3.05) is 13.2 Å². The molecule has 17 heavy (non-hydrogen) atoms. The first-order chi connectivity index (χ1) is 8.31. The van der Waals surface area contributed by atoms with Crippen molar-refractivity contribution in [2.45, 2.75) is 6.04 Å². The van der Waals surface area contributed by atoms with Crippen LogP contribution in [0.3, 0.4) is 0 Å². The van der Waals surface area contributed by atoms with E-state index in [-0.39, 0.29) is 12.1 Å². The monoisotopic (exact) mass is 229 g/mol. The van der Waals surface area contributed by atoms with E-state index in [1.54, 1.807) is 11.0 Å². The molecule has 0 aliphatic carbocycles. The Morgan fingerprint density at radius 3 is 2.88 bits per heavy atom. The fraction of sp³-hybridized carbons (Fsp3) is 0.214. The predicted octanol–water partition coefficient (Wildman–Crippen LogP) is 2.71. The van der Waals surface area contributed by atoms with Gasteiger partial charge in [0.2, 0.25) is 0 Å². The molecule has 1 aromatic carbocycles. The third-order valence-electron chi connectivity index (χ3n) is 2.70. The highest BCUT2D eigenvalue weighted by Gasteiger charge is 2.29. The van der Waals surface area contributed by atoms with Crippen LogP contribution in [0, 0.1) is 0 Å². The van der Waals surface area contributed by atoms with Gasteiger partial charge in [0.05, 0.1) is 6.04 Å². The number of nitrogens with zero attached hydrogens (tertiary/aromatic N) is 1. The molecule has 1 heterocycles. The quantitative estimate of drug-likeness (QED) is 0.743. The third-order valence-corrected chi connectivity index (χ3v) is 2.70. The number of cyclic esters (lactones) is 1. The molecule has 0 bridgehead atoms. The Hall–Kier alpha value is -2.03. The fourth-order valence-electron chi connectivity index (χ4n) is 1.74. The number of amides is 1. The van der Waals surface area contributed by atoms with Crippen LogP contribution in [0.1, 0.15) is 5.56 Å². The van der Waals surface area contributed by atoms with Gasteiger partial charge in [-0.2, -0.15) is 0 Å². The number of ether oxygens (including phenoxy) is 1. The first kappa shape index (κ1) is 11.5. The second-order valence-corrected chi connectivity index (χ2v) is 3.85. The van der Waals surface area contributed by atoms with Crippen molar-refractivity contribution in [1.29, 1.82) is 0 Å². The lowest BCUT2D eigenvalue weighted by atomic mass is 10.2. The molecule has 1 aliphatic rings. The SMILES string of the molecule is C=CC1COC(=O)N1C/C=C/c1ccccc1. The molecular formula is C14H15NO2. The van der Waals surface area contributed by atoms with Crippen LogP contribution in [0.4, 0.5) is 4.79 Å². The third kappa shape index (κ3) is 2.75. The first-order valence-electron chi connectivity index (χ1n) is 5.59. The highest BCUT2D eigenvalue weighted by atomic mass is 16.6. The van der Waals surface area contributed by atoms with Gasteiger partial charge in [-0.05, 0) is 5.56 Å². The second kappa shape index (κ2) is 5.34. The summed E-state index contributed by atoms with van der Waals surface area (Å²) in [5.74, 6) is 0. The number of hydrogen-bond donors (Lipinski definition) is 0. The molecule has 0 N–H and O–H groups in total. The number of rotatable bonds is 4. The Balaban J connectivity index is 1.95. The van der Waals surface area contributed by atoms with E-state index in [1.165, 1.54) is 0 Å². The maximum atomic E-state index is 11.4. The summed E-state index contributed by atoms with van der Waals surface area (Å²) in [6.07, 6.45) is 5.42. The minimum atomic E-state index is -0.271. The summed E-state index contributed by atoms with van der Waals surface area (Å²) in [6.45, 7) is 4.65. The van der Waals surface area contributed by atoms with E-state index in [4.69, 9.17) is 4.74 Å². The minimum absolute atomic E-state index is 0.0112. The van der Waals surface area contributed by atoms with Crippen LogP contribution in [-0.4, -0.2) is 30.2 Å². The van der Waals surface area contributed by atoms with Crippen LogP contribution < -0.4 is 0 Å². The summed E-state index contributed by atoms with van der Waals surface area (Å²) >= 11 is 0. The normalized spacial score (nSPS) is 19.6. The van der Waals surface area contributed by atoms with Gasteiger partial charge in [0, 0.05) is 6.54 Å². The molecule has 1 atom stereocenters. The largest absolute Gasteiger partial charge is 0.447 e. The molecule has 2 rings (SSSR count). The first-order valence-corrected chi connectivity index (χ1v) is 5.59. The molecule has 1 saturated heterocycles. The summed E-state index contributed by atoms with van der Waals surface area (Å²) in [6, 6.07) is 9.96. The van der Waals surface area contributed by atoms with Crippen molar-refractivity contribution in [3.8, 4) is 0 Å². The van der Waals surface area contributed by atoms with Gasteiger partial charge in [0.25, 0.3) is 0 Å². The maximum absolute atomic E-state index is 11.4. The average Bonchev–Trinajstić information content (AvgIpc) is 2.72. The lowest BCUT2D eigenvalue weighted by Crippen LogP contribution is -2.31. The van der Waals surface area contributed by atoms with E-state index in [1.807, 2.05) is 42.5 Å². The minimum Gasteiger partial charge on any atom is -0.447 e. The topological polar surface area (TPSA) is 29.5 Å². The van der Waals surface area contributed by atoms with Gasteiger partial charge in [-0.3, -0.25) is 4.90 Å². The molecule has 3 nitrogen and oxygen atoms in total. The smallest absolute Gasteiger partial charge is 0.410 e. The van der Waals surface area contributed by atoms with Gasteiger partial charge in [-0.25, -0.2) is 4.79 Å². The number of benzene rings is 1. The summed E-state index contributed by atoms with van der Waals surface area (Å²) in [4.78, 5) is 13.1. The van der Waals surface area contributed by atoms with Gasteiger partial charge in [-0.1, -0.05) is 48.6 Å². The standard InChI is InChI=1S/C14H15NO2/c1-2-13-11-17-14(16)15(13)10-6-9-12-7-4-3-5-8-12/h2-9,13H,1,10-11H2/b9-6+. The number of carbonyl (C=O) groups is 1. The molecule has 1 aliphatic heterocycles. The molecule has 3 heteroatoms.